The summed E-state index contributed by atoms with van der Waals surface area (Å²) in [5.41, 5.74) is 5.66. The van der Waals surface area contributed by atoms with E-state index in [0.717, 1.165) is 0 Å². The van der Waals surface area contributed by atoms with E-state index in [-0.39, 0.29) is 6.04 Å². The molecule has 0 bridgehead atoms. The van der Waals surface area contributed by atoms with E-state index in [2.05, 4.69) is 31.2 Å². The summed E-state index contributed by atoms with van der Waals surface area (Å²) < 4.78 is 5.70. The molecule has 0 amide bonds. The Hall–Kier alpha value is -0.920. The minimum absolute atomic E-state index is 0.363. The van der Waals surface area contributed by atoms with Crippen molar-refractivity contribution in [2.24, 2.45) is 5.73 Å². The number of anilines is 1. The van der Waals surface area contributed by atoms with Gasteiger partial charge in [-0.1, -0.05) is 0 Å². The Balaban J connectivity index is 2.61. The molecule has 0 aliphatic heterocycles. The van der Waals surface area contributed by atoms with Gasteiger partial charge in [-0.15, -0.1) is 0 Å². The fourth-order valence-electron chi connectivity index (χ4n) is 0.960. The van der Waals surface area contributed by atoms with Crippen molar-refractivity contribution in [3.63, 3.8) is 0 Å². The summed E-state index contributed by atoms with van der Waals surface area (Å²) in [6.45, 7) is 2.03. The number of halogens is 1. The van der Waals surface area contributed by atoms with E-state index in [1.54, 1.807) is 13.1 Å². The van der Waals surface area contributed by atoms with Crippen molar-refractivity contribution in [1.82, 2.24) is 9.97 Å². The fourth-order valence-corrected chi connectivity index (χ4v) is 1.31. The number of hydrogen-bond donors (Lipinski definition) is 3. The quantitative estimate of drug-likeness (QED) is 0.725. The lowest BCUT2D eigenvalue weighted by Gasteiger charge is -2.15. The van der Waals surface area contributed by atoms with Crippen LogP contribution in [0.25, 0.3) is 0 Å². The molecule has 0 saturated heterocycles. The molecule has 0 radical (unpaired) electrons. The Morgan fingerprint density at radius 3 is 2.94 bits per heavy atom. The molecular formula is C9H15BrN4O2. The van der Waals surface area contributed by atoms with E-state index in [1.807, 2.05) is 0 Å². The molecule has 0 aliphatic carbocycles. The van der Waals surface area contributed by atoms with Gasteiger partial charge in [0.15, 0.2) is 0 Å². The second-order valence-corrected chi connectivity index (χ2v) is 4.19. The third kappa shape index (κ3) is 3.58. The lowest BCUT2D eigenvalue weighted by atomic mass is 10.2. The van der Waals surface area contributed by atoms with Crippen molar-refractivity contribution in [3.05, 3.63) is 10.7 Å². The SMILES string of the molecule is COc1nc(NCC(N)C(C)O)ncc1Br. The van der Waals surface area contributed by atoms with Crippen LogP contribution in [0.3, 0.4) is 0 Å². The van der Waals surface area contributed by atoms with E-state index >= 15 is 0 Å². The van der Waals surface area contributed by atoms with Gasteiger partial charge >= 0.3 is 0 Å². The Bertz CT molecular complexity index is 348. The van der Waals surface area contributed by atoms with Crippen LogP contribution in [0.5, 0.6) is 5.88 Å². The zero-order valence-corrected chi connectivity index (χ0v) is 10.7. The monoisotopic (exact) mass is 290 g/mol. The third-order valence-electron chi connectivity index (χ3n) is 2.02. The van der Waals surface area contributed by atoms with E-state index in [1.165, 1.54) is 7.11 Å². The number of aliphatic hydroxyl groups excluding tert-OH is 1. The Morgan fingerprint density at radius 2 is 2.38 bits per heavy atom. The van der Waals surface area contributed by atoms with Crippen LogP contribution < -0.4 is 15.8 Å². The molecule has 7 heteroatoms. The molecule has 4 N–H and O–H groups in total. The van der Waals surface area contributed by atoms with Gasteiger partial charge in [0.2, 0.25) is 11.8 Å². The minimum Gasteiger partial charge on any atom is -0.480 e. The zero-order chi connectivity index (χ0) is 12.1. The van der Waals surface area contributed by atoms with Crippen LogP contribution in [0.15, 0.2) is 10.7 Å². The molecule has 0 aromatic carbocycles. The molecule has 2 unspecified atom stereocenters. The van der Waals surface area contributed by atoms with Crippen molar-refractivity contribution >= 4 is 21.9 Å². The number of nitrogens with two attached hydrogens (primary N) is 1. The normalized spacial score (nSPS) is 14.3. The van der Waals surface area contributed by atoms with E-state index < -0.39 is 6.10 Å². The van der Waals surface area contributed by atoms with Crippen molar-refractivity contribution < 1.29 is 9.84 Å². The molecule has 16 heavy (non-hydrogen) atoms. The first-order valence-corrected chi connectivity index (χ1v) is 5.58. The topological polar surface area (TPSA) is 93.3 Å². The molecule has 2 atom stereocenters. The minimum atomic E-state index is -0.579. The summed E-state index contributed by atoms with van der Waals surface area (Å²) in [7, 11) is 1.53. The zero-order valence-electron chi connectivity index (χ0n) is 9.14. The molecule has 1 heterocycles. The molecule has 0 fully saturated rings. The highest BCUT2D eigenvalue weighted by molar-refractivity contribution is 9.10. The maximum atomic E-state index is 9.21. The standard InChI is InChI=1S/C9H15BrN4O2/c1-5(15)7(11)4-13-9-12-3-6(10)8(14-9)16-2/h3,5,7,15H,4,11H2,1-2H3,(H,12,13,14). The highest BCUT2D eigenvalue weighted by atomic mass is 79.9. The van der Waals surface area contributed by atoms with Gasteiger partial charge in [0.25, 0.3) is 0 Å². The molecule has 1 aromatic rings. The second-order valence-electron chi connectivity index (χ2n) is 3.34. The number of aromatic nitrogens is 2. The number of ether oxygens (including phenoxy) is 1. The smallest absolute Gasteiger partial charge is 0.232 e. The van der Waals surface area contributed by atoms with Gasteiger partial charge in [0.05, 0.1) is 23.9 Å². The molecule has 1 aromatic heterocycles. The van der Waals surface area contributed by atoms with Crippen LogP contribution in [-0.2, 0) is 0 Å². The Morgan fingerprint density at radius 1 is 1.69 bits per heavy atom. The lowest BCUT2D eigenvalue weighted by Crippen LogP contribution is -2.39. The van der Waals surface area contributed by atoms with Crippen LogP contribution in [0.4, 0.5) is 5.95 Å². The number of aliphatic hydroxyl groups is 1. The first-order valence-electron chi connectivity index (χ1n) is 4.78. The maximum absolute atomic E-state index is 9.21. The number of hydrogen-bond acceptors (Lipinski definition) is 6. The van der Waals surface area contributed by atoms with Crippen LogP contribution in [0.2, 0.25) is 0 Å². The van der Waals surface area contributed by atoms with Crippen LogP contribution >= 0.6 is 15.9 Å². The first kappa shape index (κ1) is 13.1. The van der Waals surface area contributed by atoms with Gasteiger partial charge < -0.3 is 20.9 Å². The average Bonchev–Trinajstić information content (AvgIpc) is 2.27. The number of methoxy groups -OCH3 is 1. The summed E-state index contributed by atoms with van der Waals surface area (Å²) in [5, 5.41) is 12.1. The fraction of sp³-hybridized carbons (Fsp3) is 0.556. The molecule has 90 valence electrons. The number of nitrogens with zero attached hydrogens (tertiary/aromatic N) is 2. The van der Waals surface area contributed by atoms with Crippen molar-refractivity contribution in [3.8, 4) is 5.88 Å². The lowest BCUT2D eigenvalue weighted by molar-refractivity contribution is 0.168. The van der Waals surface area contributed by atoms with Gasteiger partial charge in [0, 0.05) is 12.6 Å². The highest BCUT2D eigenvalue weighted by Gasteiger charge is 2.10. The number of nitrogens with one attached hydrogen (secondary N) is 1. The molecule has 1 rings (SSSR count). The van der Waals surface area contributed by atoms with Crippen molar-refractivity contribution in [2.45, 2.75) is 19.1 Å². The van der Waals surface area contributed by atoms with Gasteiger partial charge in [-0.2, -0.15) is 4.98 Å². The average molecular weight is 291 g/mol. The summed E-state index contributed by atoms with van der Waals surface area (Å²) in [5.74, 6) is 0.860. The molecule has 6 nitrogen and oxygen atoms in total. The van der Waals surface area contributed by atoms with Gasteiger partial charge in [0.1, 0.15) is 0 Å². The summed E-state index contributed by atoms with van der Waals surface area (Å²) in [4.78, 5) is 8.13. The highest BCUT2D eigenvalue weighted by Crippen LogP contribution is 2.21. The van der Waals surface area contributed by atoms with E-state index in [9.17, 15) is 5.11 Å². The van der Waals surface area contributed by atoms with E-state index in [0.29, 0.717) is 22.8 Å². The summed E-state index contributed by atoms with van der Waals surface area (Å²) in [6, 6.07) is -0.363. The van der Waals surface area contributed by atoms with Crippen molar-refractivity contribution in [2.75, 3.05) is 19.0 Å². The van der Waals surface area contributed by atoms with Crippen molar-refractivity contribution in [1.29, 1.82) is 0 Å². The molecular weight excluding hydrogens is 276 g/mol. The largest absolute Gasteiger partial charge is 0.480 e. The third-order valence-corrected chi connectivity index (χ3v) is 2.56. The van der Waals surface area contributed by atoms with Crippen LogP contribution in [0, 0.1) is 0 Å². The Labute approximate surface area is 102 Å². The maximum Gasteiger partial charge on any atom is 0.232 e. The molecule has 0 spiro atoms. The summed E-state index contributed by atoms with van der Waals surface area (Å²) >= 11 is 3.25. The Kier molecular flexibility index (Phi) is 4.91. The van der Waals surface area contributed by atoms with Gasteiger partial charge in [-0.3, -0.25) is 0 Å². The first-order chi connectivity index (χ1) is 7.54. The molecule has 0 saturated carbocycles. The summed E-state index contributed by atoms with van der Waals surface area (Å²) in [6.07, 6.45) is 1.01. The van der Waals surface area contributed by atoms with Crippen LogP contribution in [0.1, 0.15) is 6.92 Å². The molecule has 0 aliphatic rings. The second kappa shape index (κ2) is 5.97. The number of rotatable bonds is 5. The predicted molar refractivity (Wildman–Crippen MR) is 64.4 cm³/mol. The van der Waals surface area contributed by atoms with Gasteiger partial charge in [-0.25, -0.2) is 4.98 Å². The van der Waals surface area contributed by atoms with E-state index in [4.69, 9.17) is 10.5 Å². The van der Waals surface area contributed by atoms with Crippen LogP contribution in [-0.4, -0.2) is 40.9 Å². The van der Waals surface area contributed by atoms with Gasteiger partial charge in [-0.05, 0) is 22.9 Å². The predicted octanol–water partition coefficient (Wildman–Crippen LogP) is 0.368.